The van der Waals surface area contributed by atoms with Gasteiger partial charge in [-0.05, 0) is 140 Å². The predicted molar refractivity (Wildman–Crippen MR) is 355 cm³/mol. The molecule has 0 atom stereocenters. The molecule has 2 aliphatic heterocycles. The molecule has 2 aliphatic rings. The van der Waals surface area contributed by atoms with Crippen LogP contribution < -0.4 is 16.4 Å². The van der Waals surface area contributed by atoms with Gasteiger partial charge in [-0.1, -0.05) is 170 Å². The molecule has 0 aliphatic carbocycles. The van der Waals surface area contributed by atoms with Gasteiger partial charge in [-0.3, -0.25) is 0 Å². The fourth-order valence-electron chi connectivity index (χ4n) is 16.4. The second-order valence-corrected chi connectivity index (χ2v) is 23.5. The highest BCUT2D eigenvalue weighted by atomic mass is 15.1. The first-order valence-electron chi connectivity index (χ1n) is 29.3. The van der Waals surface area contributed by atoms with Crippen LogP contribution in [0, 0.1) is 0 Å². The van der Waals surface area contributed by atoms with Gasteiger partial charge in [0.15, 0.2) is 0 Å². The highest BCUT2D eigenvalue weighted by Crippen LogP contribution is 2.48. The van der Waals surface area contributed by atoms with Crippen molar-refractivity contribution in [3.05, 3.63) is 267 Å². The van der Waals surface area contributed by atoms with Crippen LogP contribution in [0.4, 0.5) is 0 Å². The second kappa shape index (κ2) is 15.5. The lowest BCUT2D eigenvalue weighted by Crippen LogP contribution is -2.59. The lowest BCUT2D eigenvalue weighted by molar-refractivity contribution is 1.14. The largest absolute Gasteiger partial charge is 0.310 e. The monoisotopic (exact) mass is 1060 g/mol. The number of para-hydroxylation sites is 6. The normalized spacial score (nSPS) is 13.0. The van der Waals surface area contributed by atoms with Crippen LogP contribution in [0.1, 0.15) is 0 Å². The van der Waals surface area contributed by atoms with E-state index in [4.69, 9.17) is 0 Å². The number of hydrogen-bond acceptors (Lipinski definition) is 0. The molecule has 0 saturated carbocycles. The van der Waals surface area contributed by atoms with E-state index in [0.717, 1.165) is 17.1 Å². The van der Waals surface area contributed by atoms with E-state index in [2.05, 4.69) is 290 Å². The molecule has 14 aromatic carbocycles. The summed E-state index contributed by atoms with van der Waals surface area (Å²) in [5, 5.41) is 20.3. The van der Waals surface area contributed by atoms with Crippen LogP contribution in [0.5, 0.6) is 0 Å². The molecule has 19 aromatic rings. The van der Waals surface area contributed by atoms with Crippen LogP contribution in [-0.4, -0.2) is 29.5 Å². The Balaban J connectivity index is 0.942. The van der Waals surface area contributed by atoms with Crippen molar-refractivity contribution in [2.45, 2.75) is 0 Å². The van der Waals surface area contributed by atoms with Gasteiger partial charge >= 0.3 is 0 Å². The third-order valence-electron chi connectivity index (χ3n) is 19.6. The van der Waals surface area contributed by atoms with E-state index in [1.165, 1.54) is 169 Å². The Morgan fingerprint density at radius 1 is 0.202 bits per heavy atom. The highest BCUT2D eigenvalue weighted by Gasteiger charge is 2.42. The molecule has 7 heterocycles. The summed E-state index contributed by atoms with van der Waals surface area (Å²) in [5.74, 6) is 0. The summed E-state index contributed by atoms with van der Waals surface area (Å²) >= 11 is 0. The molecule has 0 bridgehead atoms. The zero-order chi connectivity index (χ0) is 54.2. The predicted octanol–water partition coefficient (Wildman–Crippen LogP) is 17.8. The summed E-state index contributed by atoms with van der Waals surface area (Å²) in [6.07, 6.45) is 0. The van der Waals surface area contributed by atoms with Crippen LogP contribution in [0.15, 0.2) is 267 Å². The number of hydrogen-bond donors (Lipinski definition) is 0. The second-order valence-electron chi connectivity index (χ2n) is 23.5. The lowest BCUT2D eigenvalue weighted by Gasteiger charge is -2.34. The minimum absolute atomic E-state index is 0.119. The van der Waals surface area contributed by atoms with Crippen molar-refractivity contribution < 1.29 is 0 Å². The number of benzene rings is 14. The van der Waals surface area contributed by atoms with E-state index in [0.29, 0.717) is 0 Å². The summed E-state index contributed by atoms with van der Waals surface area (Å²) in [7, 11) is 0. The van der Waals surface area contributed by atoms with Crippen LogP contribution in [0.25, 0.3) is 170 Å². The van der Waals surface area contributed by atoms with E-state index >= 15 is 0 Å². The number of nitrogens with zero attached hydrogens (tertiary/aromatic N) is 5. The molecule has 0 unspecified atom stereocenters. The zero-order valence-corrected chi connectivity index (χ0v) is 45.2. The third kappa shape index (κ3) is 5.25. The summed E-state index contributed by atoms with van der Waals surface area (Å²) in [6.45, 7) is -0.119. The van der Waals surface area contributed by atoms with Gasteiger partial charge in [0.05, 0.1) is 49.7 Å². The molecule has 6 heteroatoms. The van der Waals surface area contributed by atoms with Crippen molar-refractivity contribution in [1.29, 1.82) is 0 Å². The minimum Gasteiger partial charge on any atom is -0.310 e. The molecule has 21 rings (SSSR count). The average Bonchev–Trinajstić information content (AvgIpc) is 2.88. The SMILES string of the molecule is c1cc2c3c(c1)-n1c4ccc(-n5c6ccccc6c6ccccc65)cc4c4c5c6ccccc6c6ccccc6c5cc(c41)B3c1cc(-n3c4ccccc4c4ccccc43)cc3c4cc(-n5c6ccccc6c6ccccc65)ccc4n-2c13. The molecule has 0 N–H and O–H groups in total. The van der Waals surface area contributed by atoms with Crippen molar-refractivity contribution in [3.8, 4) is 28.4 Å². The van der Waals surface area contributed by atoms with Gasteiger partial charge in [-0.25, -0.2) is 0 Å². The Morgan fingerprint density at radius 2 is 0.560 bits per heavy atom. The van der Waals surface area contributed by atoms with E-state index in [9.17, 15) is 0 Å². The van der Waals surface area contributed by atoms with Crippen LogP contribution in [0.2, 0.25) is 0 Å². The first-order valence-corrected chi connectivity index (χ1v) is 29.3. The summed E-state index contributed by atoms with van der Waals surface area (Å²) in [6, 6.07) is 101. The highest BCUT2D eigenvalue weighted by molar-refractivity contribution is 7.00. The lowest BCUT2D eigenvalue weighted by atomic mass is 9.34. The van der Waals surface area contributed by atoms with Crippen LogP contribution in [-0.2, 0) is 0 Å². The van der Waals surface area contributed by atoms with Crippen molar-refractivity contribution >= 4 is 164 Å². The van der Waals surface area contributed by atoms with E-state index in [1.807, 2.05) is 0 Å². The fourth-order valence-corrected chi connectivity index (χ4v) is 16.4. The van der Waals surface area contributed by atoms with Gasteiger partial charge in [-0.15, -0.1) is 0 Å². The van der Waals surface area contributed by atoms with Crippen molar-refractivity contribution in [1.82, 2.24) is 22.8 Å². The summed E-state index contributed by atoms with van der Waals surface area (Å²) in [5.41, 5.74) is 22.0. The fraction of sp³-hybridized carbons (Fsp3) is 0. The smallest absolute Gasteiger partial charge is 0.252 e. The maximum atomic E-state index is 2.65. The standard InChI is InChI=1S/C78H44BN5/c1-2-20-50-48(18-1)49-19-3-4-27-57(49)74-59(50)44-63-78-75(74)61-41-46(81-66-30-13-7-23-53(66)54-24-8-14-31-67(54)81)37-39-71(61)84(78)73-35-17-34-72-76(73)79(63)62-43-47(82-68-32-15-9-25-55(68)56-26-10-16-33-69(56)82)42-60-58-40-45(36-38-70(58)83(72)77(60)62)80-64-28-11-5-21-51(64)52-22-6-12-29-65(52)80/h1-44H. The van der Waals surface area contributed by atoms with Crippen LogP contribution >= 0.6 is 0 Å². The average molecular weight is 1060 g/mol. The molecule has 384 valence electrons. The molecule has 5 aromatic heterocycles. The van der Waals surface area contributed by atoms with Gasteiger partial charge in [0.25, 0.3) is 6.71 Å². The number of rotatable bonds is 3. The Hall–Kier alpha value is -11.1. The first kappa shape index (κ1) is 43.7. The first-order chi connectivity index (χ1) is 41.7. The Bertz CT molecular complexity index is 6100. The van der Waals surface area contributed by atoms with E-state index in [-0.39, 0.29) is 6.71 Å². The molecular weight excluding hydrogens is 1020 g/mol. The zero-order valence-electron chi connectivity index (χ0n) is 45.2. The molecule has 0 saturated heterocycles. The molecule has 5 nitrogen and oxygen atoms in total. The van der Waals surface area contributed by atoms with Gasteiger partial charge < -0.3 is 22.8 Å². The number of aromatic nitrogens is 5. The maximum Gasteiger partial charge on any atom is 0.252 e. The molecule has 0 fully saturated rings. The minimum atomic E-state index is -0.119. The Kier molecular flexibility index (Phi) is 8.05. The quantitative estimate of drug-likeness (QED) is 0.124. The molecule has 0 radical (unpaired) electrons. The van der Waals surface area contributed by atoms with Crippen molar-refractivity contribution in [2.75, 3.05) is 0 Å². The topological polar surface area (TPSA) is 24.6 Å². The molecule has 84 heavy (non-hydrogen) atoms. The van der Waals surface area contributed by atoms with Gasteiger partial charge in [-0.2, -0.15) is 0 Å². The van der Waals surface area contributed by atoms with E-state index in [1.54, 1.807) is 0 Å². The van der Waals surface area contributed by atoms with Crippen molar-refractivity contribution in [2.24, 2.45) is 0 Å². The molecule has 0 amide bonds. The summed E-state index contributed by atoms with van der Waals surface area (Å²) < 4.78 is 12.8. The molecule has 0 spiro atoms. The Labute approximate surface area is 479 Å². The third-order valence-corrected chi connectivity index (χ3v) is 19.6. The van der Waals surface area contributed by atoms with Gasteiger partial charge in [0, 0.05) is 93.2 Å². The Morgan fingerprint density at radius 3 is 1.06 bits per heavy atom. The van der Waals surface area contributed by atoms with Crippen LogP contribution in [0.3, 0.4) is 0 Å². The van der Waals surface area contributed by atoms with Gasteiger partial charge in [0.2, 0.25) is 0 Å². The van der Waals surface area contributed by atoms with E-state index < -0.39 is 0 Å². The number of fused-ring (bicyclic) bond motifs is 26. The van der Waals surface area contributed by atoms with Gasteiger partial charge in [0.1, 0.15) is 0 Å². The summed E-state index contributed by atoms with van der Waals surface area (Å²) in [4.78, 5) is 0. The molecular formula is C78H44BN5. The van der Waals surface area contributed by atoms with Crippen molar-refractivity contribution in [3.63, 3.8) is 0 Å². The maximum absolute atomic E-state index is 2.65.